The molecule has 33 heavy (non-hydrogen) atoms. The van der Waals surface area contributed by atoms with Crippen LogP contribution in [0.5, 0.6) is 11.5 Å². The predicted octanol–water partition coefficient (Wildman–Crippen LogP) is 4.79. The summed E-state index contributed by atoms with van der Waals surface area (Å²) in [4.78, 5) is 12.9. The Morgan fingerprint density at radius 1 is 0.939 bits per heavy atom. The lowest BCUT2D eigenvalue weighted by molar-refractivity contribution is 0.313. The Balaban J connectivity index is 1.34. The molecule has 2 aromatic heterocycles. The number of rotatable bonds is 4. The molecule has 1 aliphatic heterocycles. The molecule has 0 saturated carbocycles. The number of fused-ring (bicyclic) bond motifs is 2. The Kier molecular flexibility index (Phi) is 4.73. The van der Waals surface area contributed by atoms with Gasteiger partial charge in [0, 0.05) is 37.3 Å². The minimum absolute atomic E-state index is 0.182. The van der Waals surface area contributed by atoms with Gasteiger partial charge in [-0.15, -0.1) is 0 Å². The fraction of sp³-hybridized carbons (Fsp3) is 0.200. The summed E-state index contributed by atoms with van der Waals surface area (Å²) in [5, 5.41) is 8.38. The van der Waals surface area contributed by atoms with Crippen molar-refractivity contribution in [3.63, 3.8) is 0 Å². The van der Waals surface area contributed by atoms with Gasteiger partial charge >= 0.3 is 0 Å². The van der Waals surface area contributed by atoms with Crippen molar-refractivity contribution < 1.29 is 9.13 Å². The van der Waals surface area contributed by atoms with Crippen molar-refractivity contribution in [2.45, 2.75) is 0 Å². The zero-order chi connectivity index (χ0) is 22.4. The summed E-state index contributed by atoms with van der Waals surface area (Å²) in [6.45, 7) is 4.14. The number of likely N-dealkylation sites (N-methyl/N-ethyl adjacent to an activating group) is 1. The van der Waals surface area contributed by atoms with E-state index in [1.807, 2.05) is 18.2 Å². The van der Waals surface area contributed by atoms with Crippen molar-refractivity contribution in [1.82, 2.24) is 25.1 Å². The van der Waals surface area contributed by atoms with E-state index < -0.39 is 5.82 Å². The van der Waals surface area contributed by atoms with E-state index in [9.17, 15) is 4.39 Å². The molecule has 2 N–H and O–H groups in total. The van der Waals surface area contributed by atoms with Crippen molar-refractivity contribution >= 4 is 27.6 Å². The van der Waals surface area contributed by atoms with Crippen LogP contribution >= 0.6 is 0 Å². The third-order valence-corrected chi connectivity index (χ3v) is 6.16. The van der Waals surface area contributed by atoms with Gasteiger partial charge in [-0.25, -0.2) is 9.37 Å². The monoisotopic (exact) mass is 442 g/mol. The molecule has 7 nitrogen and oxygen atoms in total. The third kappa shape index (κ3) is 3.68. The first-order valence-electron chi connectivity index (χ1n) is 11.0. The number of hydrogen-bond donors (Lipinski definition) is 2. The maximum absolute atomic E-state index is 14.0. The molecule has 3 aromatic carbocycles. The van der Waals surface area contributed by atoms with Crippen molar-refractivity contribution in [3.05, 3.63) is 66.5 Å². The van der Waals surface area contributed by atoms with Crippen molar-refractivity contribution in [3.8, 4) is 23.0 Å². The van der Waals surface area contributed by atoms with E-state index >= 15 is 0 Å². The lowest BCUT2D eigenvalue weighted by Crippen LogP contribution is -2.44. The van der Waals surface area contributed by atoms with Crippen LogP contribution in [0.4, 0.5) is 10.1 Å². The van der Waals surface area contributed by atoms with Crippen LogP contribution in [0, 0.1) is 5.82 Å². The van der Waals surface area contributed by atoms with Crippen molar-refractivity contribution in [2.75, 3.05) is 38.1 Å². The normalized spacial score (nSPS) is 14.9. The molecule has 0 bridgehead atoms. The molecule has 1 fully saturated rings. The highest BCUT2D eigenvalue weighted by Crippen LogP contribution is 2.32. The minimum atomic E-state index is -0.404. The highest BCUT2D eigenvalue weighted by molar-refractivity contribution is 5.94. The second-order valence-electron chi connectivity index (χ2n) is 8.39. The Bertz CT molecular complexity index is 1450. The molecule has 6 rings (SSSR count). The topological polar surface area (TPSA) is 73.1 Å². The second kappa shape index (κ2) is 7.90. The molecule has 166 valence electrons. The van der Waals surface area contributed by atoms with Crippen molar-refractivity contribution in [2.24, 2.45) is 0 Å². The summed E-state index contributed by atoms with van der Waals surface area (Å²) >= 11 is 0. The number of piperazine rings is 1. The maximum Gasteiger partial charge on any atom is 0.165 e. The zero-order valence-corrected chi connectivity index (χ0v) is 18.2. The Morgan fingerprint density at radius 3 is 2.64 bits per heavy atom. The van der Waals surface area contributed by atoms with Gasteiger partial charge in [-0.3, -0.25) is 5.10 Å². The number of hydrogen-bond acceptors (Lipinski definition) is 5. The highest BCUT2D eigenvalue weighted by Gasteiger charge is 2.17. The fourth-order valence-electron chi connectivity index (χ4n) is 4.26. The number of nitrogens with one attached hydrogen (secondary N) is 2. The Morgan fingerprint density at radius 2 is 1.79 bits per heavy atom. The molecule has 8 heteroatoms. The van der Waals surface area contributed by atoms with E-state index in [2.05, 4.69) is 44.2 Å². The lowest BCUT2D eigenvalue weighted by atomic mass is 10.2. The van der Waals surface area contributed by atoms with Crippen LogP contribution in [0.2, 0.25) is 0 Å². The minimum Gasteiger partial charge on any atom is -0.454 e. The molecule has 0 unspecified atom stereocenters. The van der Waals surface area contributed by atoms with E-state index in [0.29, 0.717) is 17.3 Å². The molecular weight excluding hydrogens is 419 g/mol. The number of imidazole rings is 1. The fourth-order valence-corrected chi connectivity index (χ4v) is 4.26. The smallest absolute Gasteiger partial charge is 0.165 e. The SMILES string of the molecule is CN1CCN(c2ccc3nc(-c4n[nH]c5ccc(Oc6ccccc6F)cc45)[nH]c3c2)CC1. The van der Waals surface area contributed by atoms with E-state index in [-0.39, 0.29) is 5.75 Å². The Hall–Kier alpha value is -3.91. The number of aromatic amines is 2. The van der Waals surface area contributed by atoms with Gasteiger partial charge in [-0.05, 0) is 55.6 Å². The number of ether oxygens (including phenoxy) is 1. The van der Waals surface area contributed by atoms with Crippen LogP contribution in [0.3, 0.4) is 0 Å². The summed E-state index contributed by atoms with van der Waals surface area (Å²) in [5.74, 6) is 0.985. The molecule has 1 saturated heterocycles. The van der Waals surface area contributed by atoms with E-state index in [1.54, 1.807) is 24.3 Å². The standard InChI is InChI=1S/C25H23FN6O/c1-31-10-12-32(13-11-31)16-6-8-21-22(14-16)28-25(27-21)24-18-15-17(7-9-20(18)29-30-24)33-23-5-3-2-4-19(23)26/h2-9,14-15H,10-13H2,1H3,(H,27,28)(H,29,30). The highest BCUT2D eigenvalue weighted by atomic mass is 19.1. The summed E-state index contributed by atoms with van der Waals surface area (Å²) in [6.07, 6.45) is 0. The van der Waals surface area contributed by atoms with Gasteiger partial charge in [0.05, 0.1) is 16.6 Å². The number of aromatic nitrogens is 4. The van der Waals surface area contributed by atoms with Gasteiger partial charge < -0.3 is 19.5 Å². The zero-order valence-electron chi connectivity index (χ0n) is 18.2. The van der Waals surface area contributed by atoms with Gasteiger partial charge in [0.25, 0.3) is 0 Å². The van der Waals surface area contributed by atoms with Crippen LogP contribution < -0.4 is 9.64 Å². The summed E-state index contributed by atoms with van der Waals surface area (Å²) in [7, 11) is 2.16. The molecule has 3 heterocycles. The number of benzene rings is 3. The summed E-state index contributed by atoms with van der Waals surface area (Å²) in [5.41, 5.74) is 4.60. The number of halogens is 1. The predicted molar refractivity (Wildman–Crippen MR) is 127 cm³/mol. The van der Waals surface area contributed by atoms with Gasteiger partial charge in [-0.1, -0.05) is 12.1 Å². The number of H-pyrrole nitrogens is 2. The van der Waals surface area contributed by atoms with Crippen LogP contribution in [0.1, 0.15) is 0 Å². The first-order chi connectivity index (χ1) is 16.1. The molecule has 0 amide bonds. The van der Waals surface area contributed by atoms with E-state index in [4.69, 9.17) is 9.72 Å². The molecular formula is C25H23FN6O. The first kappa shape index (κ1) is 19.8. The molecule has 0 atom stereocenters. The number of para-hydroxylation sites is 1. The van der Waals surface area contributed by atoms with E-state index in [1.165, 1.54) is 11.8 Å². The average molecular weight is 442 g/mol. The van der Waals surface area contributed by atoms with Gasteiger partial charge in [0.1, 0.15) is 11.4 Å². The second-order valence-corrected chi connectivity index (χ2v) is 8.39. The summed E-state index contributed by atoms with van der Waals surface area (Å²) < 4.78 is 19.8. The Labute approximate surface area is 189 Å². The van der Waals surface area contributed by atoms with E-state index in [0.717, 1.165) is 48.1 Å². The molecule has 0 radical (unpaired) electrons. The molecule has 5 aromatic rings. The molecule has 1 aliphatic rings. The van der Waals surface area contributed by atoms with Gasteiger partial charge in [-0.2, -0.15) is 5.10 Å². The van der Waals surface area contributed by atoms with Gasteiger partial charge in [0.2, 0.25) is 0 Å². The quantitative estimate of drug-likeness (QED) is 0.419. The van der Waals surface area contributed by atoms with Crippen molar-refractivity contribution in [1.29, 1.82) is 0 Å². The first-order valence-corrected chi connectivity index (χ1v) is 11.0. The van der Waals surface area contributed by atoms with Crippen LogP contribution in [0.25, 0.3) is 33.5 Å². The number of nitrogens with zero attached hydrogens (tertiary/aromatic N) is 4. The largest absolute Gasteiger partial charge is 0.454 e. The van der Waals surface area contributed by atoms with Crippen LogP contribution in [-0.4, -0.2) is 58.3 Å². The van der Waals surface area contributed by atoms with Crippen LogP contribution in [0.15, 0.2) is 60.7 Å². The maximum atomic E-state index is 14.0. The summed E-state index contributed by atoms with van der Waals surface area (Å²) in [6, 6.07) is 18.2. The van der Waals surface area contributed by atoms with Crippen LogP contribution in [-0.2, 0) is 0 Å². The molecule has 0 aliphatic carbocycles. The third-order valence-electron chi connectivity index (χ3n) is 6.16. The average Bonchev–Trinajstić information content (AvgIpc) is 3.44. The number of anilines is 1. The lowest BCUT2D eigenvalue weighted by Gasteiger charge is -2.34. The van der Waals surface area contributed by atoms with Gasteiger partial charge in [0.15, 0.2) is 17.4 Å². The molecule has 0 spiro atoms.